The SMILES string of the molecule is C[Si](C)Oc1cc(C(C)(C)C)ccc1CN(C(=O)c1ccsc1)c1ccc(C#N)cc1. The monoisotopic (exact) mass is 447 g/mol. The van der Waals surface area contributed by atoms with Crippen molar-refractivity contribution in [2.45, 2.75) is 45.8 Å². The molecule has 31 heavy (non-hydrogen) atoms. The second kappa shape index (κ2) is 9.50. The van der Waals surface area contributed by atoms with Gasteiger partial charge in [0, 0.05) is 16.6 Å². The minimum Gasteiger partial charge on any atom is -0.542 e. The number of hydrogen-bond donors (Lipinski definition) is 0. The van der Waals surface area contributed by atoms with Crippen LogP contribution in [0.5, 0.6) is 5.75 Å². The number of hydrogen-bond acceptors (Lipinski definition) is 4. The summed E-state index contributed by atoms with van der Waals surface area (Å²) in [5.74, 6) is 0.762. The highest BCUT2D eigenvalue weighted by Crippen LogP contribution is 2.31. The second-order valence-electron chi connectivity index (χ2n) is 8.64. The van der Waals surface area contributed by atoms with E-state index in [1.807, 2.05) is 29.0 Å². The number of carbonyl (C=O) groups excluding carboxylic acids is 1. The molecule has 159 valence electrons. The van der Waals surface area contributed by atoms with Gasteiger partial charge in [0.2, 0.25) is 0 Å². The molecule has 2 aromatic carbocycles. The summed E-state index contributed by atoms with van der Waals surface area (Å²) in [7, 11) is -0.979. The molecule has 0 bridgehead atoms. The summed E-state index contributed by atoms with van der Waals surface area (Å²) in [5.41, 5.74) is 4.13. The standard InChI is InChI=1S/C25H27N2O2SSi/c1-25(2,3)21-9-8-19(23(14-21)29-31(4)5)16-27(24(28)20-12-13-30-17-20)22-10-6-18(15-26)7-11-22/h6-14,17H,16H2,1-5H3. The maximum absolute atomic E-state index is 13.4. The van der Waals surface area contributed by atoms with Crippen molar-refractivity contribution in [2.75, 3.05) is 4.90 Å². The fraction of sp³-hybridized carbons (Fsp3) is 0.280. The van der Waals surface area contributed by atoms with E-state index in [1.54, 1.807) is 17.0 Å². The van der Waals surface area contributed by atoms with Crippen molar-refractivity contribution in [3.8, 4) is 11.8 Å². The van der Waals surface area contributed by atoms with Gasteiger partial charge in [-0.3, -0.25) is 4.79 Å². The third kappa shape index (κ3) is 5.63. The van der Waals surface area contributed by atoms with Gasteiger partial charge >= 0.3 is 0 Å². The van der Waals surface area contributed by atoms with Crippen LogP contribution in [0.4, 0.5) is 5.69 Å². The maximum atomic E-state index is 13.4. The first-order chi connectivity index (χ1) is 14.7. The topological polar surface area (TPSA) is 53.3 Å². The summed E-state index contributed by atoms with van der Waals surface area (Å²) < 4.78 is 6.25. The minimum atomic E-state index is -0.979. The van der Waals surface area contributed by atoms with Gasteiger partial charge in [-0.1, -0.05) is 32.9 Å². The maximum Gasteiger partial charge on any atom is 0.274 e. The van der Waals surface area contributed by atoms with Crippen molar-refractivity contribution in [3.05, 3.63) is 81.5 Å². The summed E-state index contributed by atoms with van der Waals surface area (Å²) in [5, 5.41) is 12.9. The van der Waals surface area contributed by atoms with Gasteiger partial charge in [-0.05, 0) is 65.9 Å². The summed E-state index contributed by atoms with van der Waals surface area (Å²) in [6, 6.07) is 17.4. The average Bonchev–Trinajstić information content (AvgIpc) is 3.26. The Balaban J connectivity index is 2.04. The number of nitrogens with zero attached hydrogens (tertiary/aromatic N) is 2. The molecule has 0 saturated heterocycles. The van der Waals surface area contributed by atoms with E-state index < -0.39 is 9.04 Å². The van der Waals surface area contributed by atoms with Crippen molar-refractivity contribution in [1.82, 2.24) is 0 Å². The normalized spacial score (nSPS) is 11.3. The molecule has 0 aliphatic rings. The molecule has 1 amide bonds. The van der Waals surface area contributed by atoms with E-state index in [2.05, 4.69) is 58.1 Å². The Morgan fingerprint density at radius 3 is 2.39 bits per heavy atom. The number of nitriles is 1. The Hall–Kier alpha value is -2.88. The molecule has 0 fully saturated rings. The molecule has 1 radical (unpaired) electrons. The third-order valence-electron chi connectivity index (χ3n) is 4.90. The number of carbonyl (C=O) groups is 1. The van der Waals surface area contributed by atoms with Crippen LogP contribution >= 0.6 is 11.3 Å². The molecular weight excluding hydrogens is 420 g/mol. The van der Waals surface area contributed by atoms with Gasteiger partial charge in [-0.2, -0.15) is 16.6 Å². The largest absolute Gasteiger partial charge is 0.542 e. The van der Waals surface area contributed by atoms with Gasteiger partial charge < -0.3 is 9.33 Å². The van der Waals surface area contributed by atoms with Crippen LogP contribution in [-0.2, 0) is 12.0 Å². The lowest BCUT2D eigenvalue weighted by atomic mass is 9.86. The minimum absolute atomic E-state index is 0.00430. The highest BCUT2D eigenvalue weighted by molar-refractivity contribution is 7.08. The van der Waals surface area contributed by atoms with Gasteiger partial charge in [0.25, 0.3) is 14.9 Å². The molecule has 1 heterocycles. The van der Waals surface area contributed by atoms with Crippen molar-refractivity contribution >= 4 is 32.0 Å². The van der Waals surface area contributed by atoms with Crippen molar-refractivity contribution in [3.63, 3.8) is 0 Å². The van der Waals surface area contributed by atoms with E-state index in [0.29, 0.717) is 17.7 Å². The third-order valence-corrected chi connectivity index (χ3v) is 6.21. The average molecular weight is 448 g/mol. The molecule has 0 spiro atoms. The molecule has 1 aromatic heterocycles. The van der Waals surface area contributed by atoms with Crippen LogP contribution < -0.4 is 9.33 Å². The number of anilines is 1. The summed E-state index contributed by atoms with van der Waals surface area (Å²) in [4.78, 5) is 15.1. The number of thiophene rings is 1. The van der Waals surface area contributed by atoms with Crippen molar-refractivity contribution < 1.29 is 9.22 Å². The highest BCUT2D eigenvalue weighted by atomic mass is 32.1. The number of amides is 1. The lowest BCUT2D eigenvalue weighted by Crippen LogP contribution is -2.30. The van der Waals surface area contributed by atoms with E-state index in [1.165, 1.54) is 16.9 Å². The van der Waals surface area contributed by atoms with E-state index in [0.717, 1.165) is 17.0 Å². The molecule has 0 N–H and O–H groups in total. The molecule has 0 aliphatic carbocycles. The smallest absolute Gasteiger partial charge is 0.274 e. The van der Waals surface area contributed by atoms with Crippen molar-refractivity contribution in [2.24, 2.45) is 0 Å². The zero-order valence-corrected chi connectivity index (χ0v) is 20.4. The highest BCUT2D eigenvalue weighted by Gasteiger charge is 2.22. The Kier molecular flexibility index (Phi) is 6.99. The Bertz CT molecular complexity index is 1080. The Labute approximate surface area is 190 Å². The van der Waals surface area contributed by atoms with Crippen LogP contribution in [0.15, 0.2) is 59.3 Å². The number of benzene rings is 2. The first-order valence-corrected chi connectivity index (χ1v) is 13.5. The van der Waals surface area contributed by atoms with E-state index >= 15 is 0 Å². The quantitative estimate of drug-likeness (QED) is 0.411. The summed E-state index contributed by atoms with van der Waals surface area (Å²) in [6.07, 6.45) is 0. The van der Waals surface area contributed by atoms with E-state index in [-0.39, 0.29) is 11.3 Å². The zero-order valence-electron chi connectivity index (χ0n) is 18.6. The molecule has 3 aromatic rings. The predicted octanol–water partition coefficient (Wildman–Crippen LogP) is 6.39. The summed E-state index contributed by atoms with van der Waals surface area (Å²) in [6.45, 7) is 11.1. The van der Waals surface area contributed by atoms with Crippen LogP contribution in [0, 0.1) is 11.3 Å². The fourth-order valence-corrected chi connectivity index (χ4v) is 4.43. The van der Waals surface area contributed by atoms with Crippen LogP contribution in [0.25, 0.3) is 0 Å². The molecule has 0 aliphatic heterocycles. The first-order valence-electron chi connectivity index (χ1n) is 10.1. The van der Waals surface area contributed by atoms with Gasteiger partial charge in [0.05, 0.1) is 23.7 Å². The lowest BCUT2D eigenvalue weighted by Gasteiger charge is -2.26. The van der Waals surface area contributed by atoms with Gasteiger partial charge in [0.1, 0.15) is 5.75 Å². The zero-order chi connectivity index (χ0) is 22.6. The Morgan fingerprint density at radius 2 is 1.84 bits per heavy atom. The Morgan fingerprint density at radius 1 is 1.13 bits per heavy atom. The first kappa shape index (κ1) is 22.8. The van der Waals surface area contributed by atoms with E-state index in [9.17, 15) is 4.79 Å². The molecule has 4 nitrogen and oxygen atoms in total. The van der Waals surface area contributed by atoms with Crippen LogP contribution in [0.3, 0.4) is 0 Å². The second-order valence-corrected chi connectivity index (χ2v) is 11.4. The molecule has 0 unspecified atom stereocenters. The lowest BCUT2D eigenvalue weighted by molar-refractivity contribution is 0.0985. The van der Waals surface area contributed by atoms with E-state index in [4.69, 9.17) is 9.69 Å². The van der Waals surface area contributed by atoms with Gasteiger partial charge in [0.15, 0.2) is 0 Å². The predicted molar refractivity (Wildman–Crippen MR) is 129 cm³/mol. The number of rotatable bonds is 6. The van der Waals surface area contributed by atoms with Crippen LogP contribution in [0.1, 0.15) is 47.8 Å². The molecule has 0 atom stereocenters. The molecule has 3 rings (SSSR count). The van der Waals surface area contributed by atoms with Crippen LogP contribution in [-0.4, -0.2) is 14.9 Å². The molecule has 0 saturated carbocycles. The van der Waals surface area contributed by atoms with Crippen LogP contribution in [0.2, 0.25) is 13.1 Å². The summed E-state index contributed by atoms with van der Waals surface area (Å²) >= 11 is 1.50. The fourth-order valence-electron chi connectivity index (χ4n) is 3.18. The van der Waals surface area contributed by atoms with Gasteiger partial charge in [-0.15, -0.1) is 0 Å². The van der Waals surface area contributed by atoms with Gasteiger partial charge in [-0.25, -0.2) is 0 Å². The molecular formula is C25H27N2O2SSi. The van der Waals surface area contributed by atoms with Crippen molar-refractivity contribution in [1.29, 1.82) is 5.26 Å². The molecule has 6 heteroatoms.